The molecule has 1 amide bonds. The predicted molar refractivity (Wildman–Crippen MR) is 50.4 cm³/mol. The fraction of sp³-hybridized carbons (Fsp3) is 0.222. The van der Waals surface area contributed by atoms with Gasteiger partial charge in [0.15, 0.2) is 11.5 Å². The highest BCUT2D eigenvalue weighted by Crippen LogP contribution is 2.35. The molecule has 1 aromatic carbocycles. The van der Waals surface area contributed by atoms with Crippen molar-refractivity contribution in [3.63, 3.8) is 0 Å². The molecule has 5 nitrogen and oxygen atoms in total. The van der Waals surface area contributed by atoms with Gasteiger partial charge >= 0.3 is 0 Å². The van der Waals surface area contributed by atoms with Crippen LogP contribution in [0.5, 0.6) is 11.5 Å². The molecule has 1 aromatic rings. The number of carbonyl (C=O) groups is 1. The summed E-state index contributed by atoms with van der Waals surface area (Å²) in [6, 6.07) is 3.17. The van der Waals surface area contributed by atoms with Crippen LogP contribution in [0.25, 0.3) is 0 Å². The van der Waals surface area contributed by atoms with Gasteiger partial charge in [0.2, 0.25) is 6.79 Å². The summed E-state index contributed by atoms with van der Waals surface area (Å²) in [7, 11) is 1.55. The molecule has 14 heavy (non-hydrogen) atoms. The second kappa shape index (κ2) is 3.10. The Morgan fingerprint density at radius 2 is 2.07 bits per heavy atom. The van der Waals surface area contributed by atoms with E-state index < -0.39 is 0 Å². The van der Waals surface area contributed by atoms with Crippen LogP contribution in [0.4, 0.5) is 5.69 Å². The van der Waals surface area contributed by atoms with Crippen LogP contribution in [0.2, 0.25) is 0 Å². The van der Waals surface area contributed by atoms with Crippen LogP contribution in [-0.4, -0.2) is 19.7 Å². The summed E-state index contributed by atoms with van der Waals surface area (Å²) < 4.78 is 10.2. The molecule has 1 aliphatic rings. The van der Waals surface area contributed by atoms with E-state index in [9.17, 15) is 4.79 Å². The van der Waals surface area contributed by atoms with Gasteiger partial charge in [0.05, 0.1) is 5.56 Å². The number of benzene rings is 1. The standard InChI is InChI=1S/C9H10N2O3/c1-11-9(12)5-2-7-8(3-6(5)10)14-4-13-7/h2-3H,4,10H2,1H3,(H,11,12). The SMILES string of the molecule is CNC(=O)c1cc2c(cc1N)OCO2. The van der Waals surface area contributed by atoms with E-state index in [-0.39, 0.29) is 12.7 Å². The molecule has 0 spiro atoms. The summed E-state index contributed by atoms with van der Waals surface area (Å²) in [4.78, 5) is 11.3. The molecule has 0 bridgehead atoms. The van der Waals surface area contributed by atoms with Crippen molar-refractivity contribution in [2.24, 2.45) is 0 Å². The quantitative estimate of drug-likeness (QED) is 0.633. The molecular weight excluding hydrogens is 184 g/mol. The Hall–Kier alpha value is -1.91. The minimum Gasteiger partial charge on any atom is -0.454 e. The first kappa shape index (κ1) is 8.68. The molecule has 3 N–H and O–H groups in total. The van der Waals surface area contributed by atoms with Crippen molar-refractivity contribution in [3.05, 3.63) is 17.7 Å². The zero-order valence-corrected chi connectivity index (χ0v) is 7.66. The van der Waals surface area contributed by atoms with Crippen LogP contribution in [0, 0.1) is 0 Å². The Labute approximate surface area is 80.8 Å². The molecule has 0 saturated heterocycles. The van der Waals surface area contributed by atoms with Crippen LogP contribution in [0.15, 0.2) is 12.1 Å². The van der Waals surface area contributed by atoms with Crippen molar-refractivity contribution in [1.82, 2.24) is 5.32 Å². The van der Waals surface area contributed by atoms with Crippen LogP contribution in [0.3, 0.4) is 0 Å². The van der Waals surface area contributed by atoms with Gasteiger partial charge in [0.1, 0.15) is 0 Å². The molecule has 74 valence electrons. The number of amides is 1. The van der Waals surface area contributed by atoms with Gasteiger partial charge in [0.25, 0.3) is 5.91 Å². The average Bonchev–Trinajstić information content (AvgIpc) is 2.62. The third-order valence-corrected chi connectivity index (χ3v) is 2.02. The minimum atomic E-state index is -0.235. The fourth-order valence-corrected chi connectivity index (χ4v) is 1.29. The molecule has 0 fully saturated rings. The third kappa shape index (κ3) is 1.22. The van der Waals surface area contributed by atoms with E-state index in [1.165, 1.54) is 0 Å². The lowest BCUT2D eigenvalue weighted by atomic mass is 10.1. The summed E-state index contributed by atoms with van der Waals surface area (Å²) in [5.41, 5.74) is 6.46. The van der Waals surface area contributed by atoms with E-state index in [2.05, 4.69) is 5.32 Å². The zero-order valence-electron chi connectivity index (χ0n) is 7.66. The number of hydrogen-bond acceptors (Lipinski definition) is 4. The van der Waals surface area contributed by atoms with E-state index in [0.717, 1.165) is 0 Å². The van der Waals surface area contributed by atoms with Crippen molar-refractivity contribution >= 4 is 11.6 Å². The van der Waals surface area contributed by atoms with Crippen molar-refractivity contribution < 1.29 is 14.3 Å². The van der Waals surface area contributed by atoms with Gasteiger partial charge in [-0.3, -0.25) is 4.79 Å². The molecule has 1 heterocycles. The summed E-state index contributed by atoms with van der Waals surface area (Å²) in [6.45, 7) is 0.173. The molecule has 1 aliphatic heterocycles. The minimum absolute atomic E-state index is 0.173. The van der Waals surface area contributed by atoms with Crippen LogP contribution in [0.1, 0.15) is 10.4 Å². The van der Waals surface area contributed by atoms with Crippen molar-refractivity contribution in [2.45, 2.75) is 0 Å². The lowest BCUT2D eigenvalue weighted by Gasteiger charge is -2.05. The normalized spacial score (nSPS) is 12.6. The van der Waals surface area contributed by atoms with E-state index in [0.29, 0.717) is 22.7 Å². The Balaban J connectivity index is 2.47. The highest BCUT2D eigenvalue weighted by Gasteiger charge is 2.18. The van der Waals surface area contributed by atoms with Crippen molar-refractivity contribution in [2.75, 3.05) is 19.6 Å². The van der Waals surface area contributed by atoms with E-state index in [4.69, 9.17) is 15.2 Å². The number of anilines is 1. The number of hydrogen-bond donors (Lipinski definition) is 2. The Kier molecular flexibility index (Phi) is 1.92. The van der Waals surface area contributed by atoms with Crippen LogP contribution in [-0.2, 0) is 0 Å². The second-order valence-corrected chi connectivity index (χ2v) is 2.87. The maximum atomic E-state index is 11.3. The highest BCUT2D eigenvalue weighted by molar-refractivity contribution is 5.99. The van der Waals surface area contributed by atoms with Gasteiger partial charge in [-0.1, -0.05) is 0 Å². The summed E-state index contributed by atoms with van der Waals surface area (Å²) in [6.07, 6.45) is 0. The van der Waals surface area contributed by atoms with Gasteiger partial charge in [-0.2, -0.15) is 0 Å². The molecule has 0 unspecified atom stereocenters. The Morgan fingerprint density at radius 1 is 1.43 bits per heavy atom. The first-order valence-electron chi connectivity index (χ1n) is 4.13. The lowest BCUT2D eigenvalue weighted by molar-refractivity contribution is 0.0963. The van der Waals surface area contributed by atoms with Gasteiger partial charge in [-0.15, -0.1) is 0 Å². The number of nitrogen functional groups attached to an aromatic ring is 1. The van der Waals surface area contributed by atoms with Crippen LogP contribution >= 0.6 is 0 Å². The number of nitrogens with two attached hydrogens (primary N) is 1. The lowest BCUT2D eigenvalue weighted by Crippen LogP contribution is -2.19. The predicted octanol–water partition coefficient (Wildman–Crippen LogP) is 0.357. The summed E-state index contributed by atoms with van der Waals surface area (Å²) in [5.74, 6) is 0.897. The number of ether oxygens (including phenoxy) is 2. The second-order valence-electron chi connectivity index (χ2n) is 2.87. The molecule has 2 rings (SSSR count). The number of carbonyl (C=O) groups excluding carboxylic acids is 1. The molecule has 0 atom stereocenters. The molecule has 5 heteroatoms. The summed E-state index contributed by atoms with van der Waals surface area (Å²) >= 11 is 0. The maximum absolute atomic E-state index is 11.3. The smallest absolute Gasteiger partial charge is 0.253 e. The maximum Gasteiger partial charge on any atom is 0.253 e. The van der Waals surface area contributed by atoms with Crippen molar-refractivity contribution in [1.29, 1.82) is 0 Å². The van der Waals surface area contributed by atoms with Gasteiger partial charge in [0, 0.05) is 18.8 Å². The third-order valence-electron chi connectivity index (χ3n) is 2.02. The number of nitrogens with one attached hydrogen (secondary N) is 1. The monoisotopic (exact) mass is 194 g/mol. The van der Waals surface area contributed by atoms with Crippen LogP contribution < -0.4 is 20.5 Å². The zero-order chi connectivity index (χ0) is 10.1. The van der Waals surface area contributed by atoms with E-state index >= 15 is 0 Å². The van der Waals surface area contributed by atoms with E-state index in [1.54, 1.807) is 19.2 Å². The number of fused-ring (bicyclic) bond motifs is 1. The molecule has 0 saturated carbocycles. The van der Waals surface area contributed by atoms with Crippen molar-refractivity contribution in [3.8, 4) is 11.5 Å². The molecule has 0 aliphatic carbocycles. The molecular formula is C9H10N2O3. The van der Waals surface area contributed by atoms with Gasteiger partial charge < -0.3 is 20.5 Å². The summed E-state index contributed by atoms with van der Waals surface area (Å²) in [5, 5.41) is 2.50. The topological polar surface area (TPSA) is 73.6 Å². The largest absolute Gasteiger partial charge is 0.454 e. The Morgan fingerprint density at radius 3 is 2.71 bits per heavy atom. The fourth-order valence-electron chi connectivity index (χ4n) is 1.29. The molecule has 0 aromatic heterocycles. The first-order valence-corrected chi connectivity index (χ1v) is 4.13. The number of rotatable bonds is 1. The first-order chi connectivity index (χ1) is 6.72. The molecule has 0 radical (unpaired) electrons. The van der Waals surface area contributed by atoms with Gasteiger partial charge in [-0.25, -0.2) is 0 Å². The van der Waals surface area contributed by atoms with E-state index in [1.807, 2.05) is 0 Å². The average molecular weight is 194 g/mol. The Bertz CT molecular complexity index is 390. The highest BCUT2D eigenvalue weighted by atomic mass is 16.7. The van der Waals surface area contributed by atoms with Gasteiger partial charge in [-0.05, 0) is 6.07 Å².